The van der Waals surface area contributed by atoms with Gasteiger partial charge >= 0.3 is 5.88 Å². The topological polar surface area (TPSA) is 132 Å². The minimum atomic E-state index is -0.852. The first-order chi connectivity index (χ1) is 8.97. The van der Waals surface area contributed by atoms with Gasteiger partial charge in [0, 0.05) is 6.42 Å². The summed E-state index contributed by atoms with van der Waals surface area (Å²) in [6.45, 7) is 0. The van der Waals surface area contributed by atoms with Crippen molar-refractivity contribution in [3.63, 3.8) is 0 Å². The van der Waals surface area contributed by atoms with E-state index in [-0.39, 0.29) is 18.6 Å². The Bertz CT molecular complexity index is 563. The zero-order valence-corrected chi connectivity index (χ0v) is 9.54. The summed E-state index contributed by atoms with van der Waals surface area (Å²) in [4.78, 5) is 43.6. The summed E-state index contributed by atoms with van der Waals surface area (Å²) < 4.78 is 4.70. The van der Waals surface area contributed by atoms with Gasteiger partial charge in [-0.15, -0.1) is 0 Å². The molecular weight excluding hydrogens is 258 g/mol. The number of hydrogen-bond donors (Lipinski definition) is 2. The maximum Gasteiger partial charge on any atom is 0.433 e. The number of carbonyl (C=O) groups excluding carboxylic acids is 3. The maximum atomic E-state index is 11.7. The molecule has 1 aromatic heterocycles. The SMILES string of the molecule is O=C1CCC(NC(=O)c2ccc([N+](=O)[O-])o2)C(=O)N1. The van der Waals surface area contributed by atoms with Crippen molar-refractivity contribution in [2.24, 2.45) is 0 Å². The average Bonchev–Trinajstić information content (AvgIpc) is 2.82. The lowest BCUT2D eigenvalue weighted by molar-refractivity contribution is -0.402. The number of rotatable bonds is 3. The number of nitro groups is 1. The summed E-state index contributed by atoms with van der Waals surface area (Å²) in [5.41, 5.74) is 0. The monoisotopic (exact) mass is 267 g/mol. The molecule has 19 heavy (non-hydrogen) atoms. The van der Waals surface area contributed by atoms with E-state index in [0.717, 1.165) is 12.1 Å². The Balaban J connectivity index is 2.02. The molecule has 0 spiro atoms. The lowest BCUT2D eigenvalue weighted by atomic mass is 10.1. The summed E-state index contributed by atoms with van der Waals surface area (Å²) in [5.74, 6) is -2.58. The zero-order valence-electron chi connectivity index (χ0n) is 9.54. The summed E-state index contributed by atoms with van der Waals surface area (Å²) >= 11 is 0. The molecule has 3 amide bonds. The van der Waals surface area contributed by atoms with Gasteiger partial charge in [0.15, 0.2) is 5.76 Å². The molecule has 0 radical (unpaired) electrons. The highest BCUT2D eigenvalue weighted by Gasteiger charge is 2.29. The van der Waals surface area contributed by atoms with Crippen molar-refractivity contribution in [2.75, 3.05) is 0 Å². The molecule has 2 heterocycles. The van der Waals surface area contributed by atoms with Crippen LogP contribution in [0.2, 0.25) is 0 Å². The first-order valence-electron chi connectivity index (χ1n) is 5.36. The molecule has 2 N–H and O–H groups in total. The number of imide groups is 1. The van der Waals surface area contributed by atoms with E-state index in [0.29, 0.717) is 0 Å². The first kappa shape index (κ1) is 12.7. The van der Waals surface area contributed by atoms with Crippen LogP contribution in [0, 0.1) is 10.1 Å². The van der Waals surface area contributed by atoms with Crippen molar-refractivity contribution in [1.82, 2.24) is 10.6 Å². The van der Waals surface area contributed by atoms with Crippen molar-refractivity contribution in [1.29, 1.82) is 0 Å². The van der Waals surface area contributed by atoms with Gasteiger partial charge in [0.1, 0.15) is 11.0 Å². The van der Waals surface area contributed by atoms with E-state index in [1.54, 1.807) is 0 Å². The summed E-state index contributed by atoms with van der Waals surface area (Å²) in [6.07, 6.45) is 0.300. The minimum absolute atomic E-state index is 0.120. The van der Waals surface area contributed by atoms with Gasteiger partial charge in [-0.25, -0.2) is 0 Å². The van der Waals surface area contributed by atoms with Crippen molar-refractivity contribution in [3.05, 3.63) is 28.0 Å². The van der Waals surface area contributed by atoms with E-state index in [9.17, 15) is 24.5 Å². The van der Waals surface area contributed by atoms with Crippen LogP contribution in [0.25, 0.3) is 0 Å². The van der Waals surface area contributed by atoms with Crippen molar-refractivity contribution in [2.45, 2.75) is 18.9 Å². The third-order valence-electron chi connectivity index (χ3n) is 2.54. The molecule has 0 saturated carbocycles. The Morgan fingerprint density at radius 1 is 1.47 bits per heavy atom. The molecule has 1 saturated heterocycles. The molecule has 0 aliphatic carbocycles. The van der Waals surface area contributed by atoms with E-state index in [1.165, 1.54) is 0 Å². The van der Waals surface area contributed by atoms with Gasteiger partial charge in [-0.3, -0.25) is 29.8 Å². The fourth-order valence-corrected chi connectivity index (χ4v) is 1.61. The molecule has 1 aromatic rings. The van der Waals surface area contributed by atoms with E-state index < -0.39 is 34.6 Å². The quantitative estimate of drug-likeness (QED) is 0.440. The molecule has 1 atom stereocenters. The number of nitrogens with one attached hydrogen (secondary N) is 2. The second-order valence-electron chi connectivity index (χ2n) is 3.87. The van der Waals surface area contributed by atoms with Gasteiger partial charge in [-0.1, -0.05) is 0 Å². The van der Waals surface area contributed by atoms with Gasteiger partial charge in [0.05, 0.1) is 6.07 Å². The smallest absolute Gasteiger partial charge is 0.395 e. The van der Waals surface area contributed by atoms with Crippen LogP contribution < -0.4 is 10.6 Å². The molecule has 0 bridgehead atoms. The van der Waals surface area contributed by atoms with E-state index in [4.69, 9.17) is 4.42 Å². The van der Waals surface area contributed by atoms with Crippen molar-refractivity contribution >= 4 is 23.6 Å². The number of nitrogens with zero attached hydrogens (tertiary/aromatic N) is 1. The summed E-state index contributed by atoms with van der Waals surface area (Å²) in [5, 5.41) is 14.8. The Morgan fingerprint density at radius 2 is 2.21 bits per heavy atom. The third kappa shape index (κ3) is 2.76. The van der Waals surface area contributed by atoms with Gasteiger partial charge < -0.3 is 9.73 Å². The van der Waals surface area contributed by atoms with Crippen LogP contribution in [0.3, 0.4) is 0 Å². The fraction of sp³-hybridized carbons (Fsp3) is 0.300. The van der Waals surface area contributed by atoms with Gasteiger partial charge in [0.25, 0.3) is 5.91 Å². The van der Waals surface area contributed by atoms with E-state index >= 15 is 0 Å². The Labute approximate surface area is 106 Å². The Kier molecular flexibility index (Phi) is 3.27. The number of furan rings is 1. The summed E-state index contributed by atoms with van der Waals surface area (Å²) in [7, 11) is 0. The molecule has 1 fully saturated rings. The zero-order chi connectivity index (χ0) is 14.0. The summed E-state index contributed by atoms with van der Waals surface area (Å²) in [6, 6.07) is 1.33. The number of carbonyl (C=O) groups is 3. The lowest BCUT2D eigenvalue weighted by Gasteiger charge is -2.21. The average molecular weight is 267 g/mol. The second kappa shape index (κ2) is 4.88. The Hall–Kier alpha value is -2.71. The fourth-order valence-electron chi connectivity index (χ4n) is 1.61. The van der Waals surface area contributed by atoms with Crippen LogP contribution in [-0.4, -0.2) is 28.7 Å². The van der Waals surface area contributed by atoms with Gasteiger partial charge in [-0.05, 0) is 12.5 Å². The van der Waals surface area contributed by atoms with Gasteiger partial charge in [0.2, 0.25) is 11.8 Å². The van der Waals surface area contributed by atoms with Crippen molar-refractivity contribution in [3.8, 4) is 0 Å². The van der Waals surface area contributed by atoms with Crippen molar-refractivity contribution < 1.29 is 23.7 Å². The van der Waals surface area contributed by atoms with Crippen LogP contribution in [0.15, 0.2) is 16.5 Å². The second-order valence-corrected chi connectivity index (χ2v) is 3.87. The van der Waals surface area contributed by atoms with Crippen LogP contribution in [0.5, 0.6) is 0 Å². The predicted octanol–water partition coefficient (Wildman–Crippen LogP) is -0.277. The maximum absolute atomic E-state index is 11.7. The molecule has 2 rings (SSSR count). The first-order valence-corrected chi connectivity index (χ1v) is 5.36. The molecule has 0 aromatic carbocycles. The molecule has 9 nitrogen and oxygen atoms in total. The van der Waals surface area contributed by atoms with Gasteiger partial charge in [-0.2, -0.15) is 0 Å². The Morgan fingerprint density at radius 3 is 2.79 bits per heavy atom. The number of piperidine rings is 1. The lowest BCUT2D eigenvalue weighted by Crippen LogP contribution is -2.52. The molecule has 1 unspecified atom stereocenters. The van der Waals surface area contributed by atoms with Crippen LogP contribution in [0.4, 0.5) is 5.88 Å². The minimum Gasteiger partial charge on any atom is -0.395 e. The van der Waals surface area contributed by atoms with Crippen LogP contribution >= 0.6 is 0 Å². The predicted molar refractivity (Wildman–Crippen MR) is 59.0 cm³/mol. The highest BCUT2D eigenvalue weighted by atomic mass is 16.6. The molecular formula is C10H9N3O6. The number of amides is 3. The highest BCUT2D eigenvalue weighted by Crippen LogP contribution is 2.16. The van der Waals surface area contributed by atoms with E-state index in [1.807, 2.05) is 0 Å². The standard InChI is InChI=1S/C10H9N3O6/c14-7-3-1-5(9(15)12-7)11-10(16)6-2-4-8(19-6)13(17)18/h2,4-5H,1,3H2,(H,11,16)(H,12,14,15). The molecule has 1 aliphatic rings. The normalized spacial score (nSPS) is 18.8. The number of hydrogen-bond acceptors (Lipinski definition) is 6. The molecule has 1 aliphatic heterocycles. The highest BCUT2D eigenvalue weighted by molar-refractivity contribution is 6.03. The van der Waals surface area contributed by atoms with Crippen LogP contribution in [-0.2, 0) is 9.59 Å². The van der Waals surface area contributed by atoms with E-state index in [2.05, 4.69) is 10.6 Å². The van der Waals surface area contributed by atoms with Crippen LogP contribution in [0.1, 0.15) is 23.4 Å². The molecule has 9 heteroatoms. The third-order valence-corrected chi connectivity index (χ3v) is 2.54. The largest absolute Gasteiger partial charge is 0.433 e. The molecule has 100 valence electrons.